The van der Waals surface area contributed by atoms with E-state index in [2.05, 4.69) is 54.5 Å². The zero-order valence-electron chi connectivity index (χ0n) is 14.2. The molecular weight excluding hydrogens is 268 g/mol. The zero-order valence-corrected chi connectivity index (χ0v) is 15.0. The van der Waals surface area contributed by atoms with Gasteiger partial charge >= 0.3 is 5.97 Å². The predicted molar refractivity (Wildman–Crippen MR) is 89.8 cm³/mol. The maximum atomic E-state index is 11.8. The Morgan fingerprint density at radius 3 is 2.15 bits per heavy atom. The van der Waals surface area contributed by atoms with Crippen LogP contribution < -0.4 is 0 Å². The van der Waals surface area contributed by atoms with Gasteiger partial charge in [-0.25, -0.2) is 0 Å². The van der Waals surface area contributed by atoms with Crippen molar-refractivity contribution in [2.45, 2.75) is 67.4 Å². The second-order valence-electron chi connectivity index (χ2n) is 7.22. The predicted octanol–water partition coefficient (Wildman–Crippen LogP) is 5.28. The smallest absolute Gasteiger partial charge is 0.316 e. The Morgan fingerprint density at radius 1 is 1.15 bits per heavy atom. The number of allylic oxidation sites excluding steroid dienone is 1. The summed E-state index contributed by atoms with van der Waals surface area (Å²) in [4.78, 5) is 11.8. The summed E-state index contributed by atoms with van der Waals surface area (Å²) in [6, 6.07) is 0. The third-order valence-electron chi connectivity index (χ3n) is 3.04. The first-order chi connectivity index (χ1) is 9.13. The minimum atomic E-state index is -0.108. The molecule has 0 atom stereocenters. The number of esters is 1. The van der Waals surface area contributed by atoms with Gasteiger partial charge in [0.2, 0.25) is 0 Å². The van der Waals surface area contributed by atoms with Gasteiger partial charge < -0.3 is 4.74 Å². The lowest BCUT2D eigenvalue weighted by Gasteiger charge is -2.24. The lowest BCUT2D eigenvalue weighted by Crippen LogP contribution is -2.29. The number of carbonyl (C=O) groups excluding carboxylic acids is 1. The van der Waals surface area contributed by atoms with E-state index in [0.717, 1.165) is 12.8 Å². The molecule has 2 nitrogen and oxygen atoms in total. The van der Waals surface area contributed by atoms with Crippen LogP contribution in [0, 0.1) is 17.3 Å². The number of thioether (sulfide) groups is 1. The summed E-state index contributed by atoms with van der Waals surface area (Å²) in [6.07, 6.45) is 4.39. The first-order valence-corrected chi connectivity index (χ1v) is 8.64. The maximum absolute atomic E-state index is 11.8. The van der Waals surface area contributed by atoms with Crippen molar-refractivity contribution in [3.63, 3.8) is 0 Å². The quantitative estimate of drug-likeness (QED) is 0.570. The summed E-state index contributed by atoms with van der Waals surface area (Å²) in [5.41, 5.74) is 0.371. The van der Waals surface area contributed by atoms with Crippen LogP contribution >= 0.6 is 11.8 Å². The molecule has 0 aliphatic carbocycles. The number of ether oxygens (including phenoxy) is 1. The van der Waals surface area contributed by atoms with E-state index in [9.17, 15) is 4.79 Å². The van der Waals surface area contributed by atoms with Crippen LogP contribution in [-0.2, 0) is 9.53 Å². The van der Waals surface area contributed by atoms with Crippen LogP contribution in [-0.4, -0.2) is 17.8 Å². The van der Waals surface area contributed by atoms with Crippen molar-refractivity contribution in [2.24, 2.45) is 17.3 Å². The highest BCUT2D eigenvalue weighted by Gasteiger charge is 2.21. The van der Waals surface area contributed by atoms with Gasteiger partial charge in [-0.2, -0.15) is 0 Å². The van der Waals surface area contributed by atoms with Crippen molar-refractivity contribution in [3.8, 4) is 0 Å². The van der Waals surface area contributed by atoms with Gasteiger partial charge in [0, 0.05) is 0 Å². The zero-order chi connectivity index (χ0) is 15.8. The van der Waals surface area contributed by atoms with E-state index >= 15 is 0 Å². The average Bonchev–Trinajstić information content (AvgIpc) is 2.28. The van der Waals surface area contributed by atoms with Crippen LogP contribution in [0.4, 0.5) is 0 Å². The third kappa shape index (κ3) is 10.4. The van der Waals surface area contributed by atoms with Gasteiger partial charge in [-0.3, -0.25) is 4.79 Å². The first kappa shape index (κ1) is 19.6. The fraction of sp³-hybridized carbons (Fsp3) is 0.824. The molecular formula is C17H32O2S. The van der Waals surface area contributed by atoms with Gasteiger partial charge in [0.05, 0.1) is 5.75 Å². The Balaban J connectivity index is 3.91. The number of carbonyl (C=O) groups is 1. The minimum Gasteiger partial charge on any atom is -0.461 e. The highest BCUT2D eigenvalue weighted by molar-refractivity contribution is 8.02. The molecule has 0 heterocycles. The maximum Gasteiger partial charge on any atom is 0.316 e. The van der Waals surface area contributed by atoms with Crippen LogP contribution in [0.25, 0.3) is 0 Å². The lowest BCUT2D eigenvalue weighted by atomic mass is 9.91. The van der Waals surface area contributed by atoms with Crippen molar-refractivity contribution < 1.29 is 9.53 Å². The molecule has 0 saturated heterocycles. The topological polar surface area (TPSA) is 26.3 Å². The molecule has 0 amide bonds. The third-order valence-corrected chi connectivity index (χ3v) is 3.82. The van der Waals surface area contributed by atoms with Crippen LogP contribution in [0.1, 0.15) is 61.3 Å². The van der Waals surface area contributed by atoms with E-state index in [0.29, 0.717) is 23.0 Å². The summed E-state index contributed by atoms with van der Waals surface area (Å²) in [6.45, 7) is 15.1. The van der Waals surface area contributed by atoms with Crippen LogP contribution in [0.5, 0.6) is 0 Å². The van der Waals surface area contributed by atoms with E-state index in [1.165, 1.54) is 11.8 Å². The molecule has 0 spiro atoms. The number of rotatable bonds is 8. The van der Waals surface area contributed by atoms with Crippen molar-refractivity contribution >= 4 is 17.7 Å². The summed E-state index contributed by atoms with van der Waals surface area (Å²) in [5.74, 6) is 1.03. The number of hydrogen-bond donors (Lipinski definition) is 0. The van der Waals surface area contributed by atoms with Crippen molar-refractivity contribution in [3.05, 3.63) is 11.5 Å². The molecule has 0 aliphatic heterocycles. The second-order valence-corrected chi connectivity index (χ2v) is 8.12. The van der Waals surface area contributed by atoms with Crippen molar-refractivity contribution in [1.29, 1.82) is 0 Å². The number of hydrogen-bond acceptors (Lipinski definition) is 3. The van der Waals surface area contributed by atoms with Crippen LogP contribution in [0.15, 0.2) is 11.5 Å². The largest absolute Gasteiger partial charge is 0.461 e. The van der Waals surface area contributed by atoms with Gasteiger partial charge in [0.25, 0.3) is 0 Å². The van der Waals surface area contributed by atoms with E-state index in [4.69, 9.17) is 4.74 Å². The van der Waals surface area contributed by atoms with E-state index in [1.807, 2.05) is 5.41 Å². The summed E-state index contributed by atoms with van der Waals surface area (Å²) < 4.78 is 5.54. The standard InChI is InChI=1S/C17H32O2S/c1-13(2)16(14(3)4)19-15(18)12-20-11-9-8-10-17(5,6)7/h9,11,13-14,16H,8,10,12H2,1-7H3/b11-9-. The molecule has 0 radical (unpaired) electrons. The molecule has 0 aromatic rings. The van der Waals surface area contributed by atoms with Crippen molar-refractivity contribution in [2.75, 3.05) is 5.75 Å². The molecule has 0 saturated carbocycles. The van der Waals surface area contributed by atoms with Gasteiger partial charge in [0.15, 0.2) is 0 Å². The molecule has 3 heteroatoms. The van der Waals surface area contributed by atoms with E-state index in [1.54, 1.807) is 0 Å². The van der Waals surface area contributed by atoms with Crippen LogP contribution in [0.2, 0.25) is 0 Å². The molecule has 0 fully saturated rings. The fourth-order valence-electron chi connectivity index (χ4n) is 2.00. The Labute approximate surface area is 129 Å². The van der Waals surface area contributed by atoms with Gasteiger partial charge in [-0.15, -0.1) is 11.8 Å². The van der Waals surface area contributed by atoms with Gasteiger partial charge in [0.1, 0.15) is 6.10 Å². The SMILES string of the molecule is CC(C)C(OC(=O)CS/C=C\CCC(C)(C)C)C(C)C. The molecule has 0 bridgehead atoms. The molecule has 0 aliphatic rings. The van der Waals surface area contributed by atoms with Crippen LogP contribution in [0.3, 0.4) is 0 Å². The Kier molecular flexibility index (Phi) is 9.28. The molecule has 118 valence electrons. The van der Waals surface area contributed by atoms with E-state index in [-0.39, 0.29) is 12.1 Å². The molecule has 0 rings (SSSR count). The highest BCUT2D eigenvalue weighted by atomic mass is 32.2. The molecule has 20 heavy (non-hydrogen) atoms. The lowest BCUT2D eigenvalue weighted by molar-refractivity contribution is -0.150. The van der Waals surface area contributed by atoms with Gasteiger partial charge in [-0.1, -0.05) is 54.5 Å². The van der Waals surface area contributed by atoms with Gasteiger partial charge in [-0.05, 0) is 35.5 Å². The molecule has 0 unspecified atom stereocenters. The monoisotopic (exact) mass is 300 g/mol. The second kappa shape index (κ2) is 9.49. The summed E-state index contributed by atoms with van der Waals surface area (Å²) in [7, 11) is 0. The Hall–Kier alpha value is -0.440. The Bertz CT molecular complexity index is 293. The average molecular weight is 301 g/mol. The molecule has 0 N–H and O–H groups in total. The van der Waals surface area contributed by atoms with E-state index < -0.39 is 0 Å². The first-order valence-electron chi connectivity index (χ1n) is 7.59. The molecule has 0 aromatic heterocycles. The fourth-order valence-corrected chi connectivity index (χ4v) is 2.57. The normalized spacial score (nSPS) is 12.9. The Morgan fingerprint density at radius 2 is 1.70 bits per heavy atom. The summed E-state index contributed by atoms with van der Waals surface area (Å²) in [5, 5.41) is 2.02. The minimum absolute atomic E-state index is 0.0213. The molecule has 0 aromatic carbocycles. The van der Waals surface area contributed by atoms with Crippen molar-refractivity contribution in [1.82, 2.24) is 0 Å². The summed E-state index contributed by atoms with van der Waals surface area (Å²) >= 11 is 1.52. The highest BCUT2D eigenvalue weighted by Crippen LogP contribution is 2.21.